The quantitative estimate of drug-likeness (QED) is 0.455. The van der Waals surface area contributed by atoms with Crippen molar-refractivity contribution in [1.82, 2.24) is 0 Å². The molecular formula is C6H10O2. The number of epoxide rings is 1. The van der Waals surface area contributed by atoms with Crippen molar-refractivity contribution in [3.8, 4) is 0 Å². The van der Waals surface area contributed by atoms with Gasteiger partial charge in [-0.3, -0.25) is 0 Å². The molecule has 1 saturated carbocycles. The molecular weight excluding hydrogens is 104 g/mol. The molecule has 0 bridgehead atoms. The summed E-state index contributed by atoms with van der Waals surface area (Å²) in [4.78, 5) is 0. The number of hydrogen-bond donors (Lipinski definition) is 1. The number of aliphatic hydroxyl groups excluding tert-OH is 1. The molecule has 1 N–H and O–H groups in total. The van der Waals surface area contributed by atoms with Crippen molar-refractivity contribution in [2.75, 3.05) is 0 Å². The van der Waals surface area contributed by atoms with Crippen LogP contribution in [0.25, 0.3) is 0 Å². The lowest BCUT2D eigenvalue weighted by molar-refractivity contribution is 0.0774. The third-order valence-corrected chi connectivity index (χ3v) is 2.15. The van der Waals surface area contributed by atoms with E-state index in [0.29, 0.717) is 12.0 Å². The molecule has 46 valence electrons. The van der Waals surface area contributed by atoms with Crippen LogP contribution in [0.5, 0.6) is 0 Å². The van der Waals surface area contributed by atoms with Gasteiger partial charge in [-0.15, -0.1) is 0 Å². The Hall–Kier alpha value is -0.0800. The molecule has 4 atom stereocenters. The van der Waals surface area contributed by atoms with Crippen molar-refractivity contribution in [3.05, 3.63) is 0 Å². The highest BCUT2D eigenvalue weighted by atomic mass is 16.6. The summed E-state index contributed by atoms with van der Waals surface area (Å²) in [5.41, 5.74) is 0. The maximum Gasteiger partial charge on any atom is 0.110 e. The molecule has 2 aliphatic rings. The zero-order chi connectivity index (χ0) is 5.72. The van der Waals surface area contributed by atoms with E-state index in [4.69, 9.17) is 4.74 Å². The first-order valence-electron chi connectivity index (χ1n) is 3.12. The maximum absolute atomic E-state index is 9.18. The molecule has 0 aromatic heterocycles. The zero-order valence-corrected chi connectivity index (χ0v) is 4.87. The highest BCUT2D eigenvalue weighted by Crippen LogP contribution is 2.41. The van der Waals surface area contributed by atoms with Gasteiger partial charge >= 0.3 is 0 Å². The summed E-state index contributed by atoms with van der Waals surface area (Å²) >= 11 is 0. The van der Waals surface area contributed by atoms with Gasteiger partial charge in [0.15, 0.2) is 0 Å². The van der Waals surface area contributed by atoms with Crippen molar-refractivity contribution in [3.63, 3.8) is 0 Å². The standard InChI is InChI=1S/C6H10O2/c1-3-2-4-6(8-4)5(3)7/h3-7H,2H2,1H3. The summed E-state index contributed by atoms with van der Waals surface area (Å²) in [6.07, 6.45) is 1.52. The Balaban J connectivity index is 2.08. The van der Waals surface area contributed by atoms with E-state index < -0.39 is 0 Å². The molecule has 2 heteroatoms. The highest BCUT2D eigenvalue weighted by Gasteiger charge is 2.53. The molecule has 0 spiro atoms. The Morgan fingerprint density at radius 1 is 1.62 bits per heavy atom. The summed E-state index contributed by atoms with van der Waals surface area (Å²) in [6, 6.07) is 0. The zero-order valence-electron chi connectivity index (χ0n) is 4.87. The van der Waals surface area contributed by atoms with Crippen molar-refractivity contribution in [1.29, 1.82) is 0 Å². The molecule has 1 heterocycles. The van der Waals surface area contributed by atoms with Gasteiger partial charge in [-0.05, 0) is 12.3 Å². The van der Waals surface area contributed by atoms with E-state index in [1.54, 1.807) is 0 Å². The van der Waals surface area contributed by atoms with Crippen LogP contribution in [0.4, 0.5) is 0 Å². The van der Waals surface area contributed by atoms with Crippen molar-refractivity contribution in [2.24, 2.45) is 5.92 Å². The van der Waals surface area contributed by atoms with Crippen LogP contribution < -0.4 is 0 Å². The summed E-state index contributed by atoms with van der Waals surface area (Å²) in [5.74, 6) is 0.471. The van der Waals surface area contributed by atoms with Crippen LogP contribution >= 0.6 is 0 Å². The Labute approximate surface area is 48.5 Å². The first-order valence-corrected chi connectivity index (χ1v) is 3.12. The van der Waals surface area contributed by atoms with E-state index in [1.807, 2.05) is 0 Å². The lowest BCUT2D eigenvalue weighted by atomic mass is 10.1. The SMILES string of the molecule is CC1CC2OC2C1O. The number of ether oxygens (including phenoxy) is 1. The predicted molar refractivity (Wildman–Crippen MR) is 28.4 cm³/mol. The van der Waals surface area contributed by atoms with Gasteiger partial charge in [0, 0.05) is 0 Å². The first kappa shape index (κ1) is 4.77. The number of rotatable bonds is 0. The molecule has 8 heavy (non-hydrogen) atoms. The second-order valence-electron chi connectivity index (χ2n) is 2.84. The van der Waals surface area contributed by atoms with Gasteiger partial charge in [0.05, 0.1) is 12.2 Å². The van der Waals surface area contributed by atoms with Gasteiger partial charge < -0.3 is 9.84 Å². The fourth-order valence-corrected chi connectivity index (χ4v) is 1.48. The minimum absolute atomic E-state index is 0.167. The fraction of sp³-hybridized carbons (Fsp3) is 1.00. The average molecular weight is 114 g/mol. The molecule has 1 aliphatic heterocycles. The van der Waals surface area contributed by atoms with E-state index in [1.165, 1.54) is 0 Å². The molecule has 1 aliphatic carbocycles. The molecule has 0 radical (unpaired) electrons. The first-order chi connectivity index (χ1) is 3.79. The minimum atomic E-state index is -0.167. The van der Waals surface area contributed by atoms with Crippen LogP contribution in [0, 0.1) is 5.92 Å². The van der Waals surface area contributed by atoms with Crippen LogP contribution in [-0.2, 0) is 4.74 Å². The molecule has 0 aromatic rings. The van der Waals surface area contributed by atoms with Crippen molar-refractivity contribution in [2.45, 2.75) is 31.7 Å². The normalized spacial score (nSPS) is 60.8. The van der Waals surface area contributed by atoms with Crippen LogP contribution in [0.3, 0.4) is 0 Å². The van der Waals surface area contributed by atoms with E-state index in [-0.39, 0.29) is 12.2 Å². The molecule has 2 fully saturated rings. The number of aliphatic hydroxyl groups is 1. The summed E-state index contributed by atoms with van der Waals surface area (Å²) in [6.45, 7) is 2.07. The Kier molecular flexibility index (Phi) is 0.746. The highest BCUT2D eigenvalue weighted by molar-refractivity contribution is 5.01. The van der Waals surface area contributed by atoms with Crippen molar-refractivity contribution >= 4 is 0 Å². The number of fused-ring (bicyclic) bond motifs is 1. The molecule has 0 amide bonds. The van der Waals surface area contributed by atoms with E-state index >= 15 is 0 Å². The third kappa shape index (κ3) is 0.446. The summed E-state index contributed by atoms with van der Waals surface area (Å²) in [5, 5.41) is 9.18. The lowest BCUT2D eigenvalue weighted by Crippen LogP contribution is -2.17. The molecule has 1 saturated heterocycles. The van der Waals surface area contributed by atoms with Crippen LogP contribution in [-0.4, -0.2) is 23.4 Å². The number of hydrogen-bond acceptors (Lipinski definition) is 2. The van der Waals surface area contributed by atoms with Crippen LogP contribution in [0.2, 0.25) is 0 Å². The van der Waals surface area contributed by atoms with Gasteiger partial charge in [0.25, 0.3) is 0 Å². The second-order valence-corrected chi connectivity index (χ2v) is 2.84. The molecule has 2 rings (SSSR count). The predicted octanol–water partition coefficient (Wildman–Crippen LogP) is 0.154. The third-order valence-electron chi connectivity index (χ3n) is 2.15. The molecule has 2 nitrogen and oxygen atoms in total. The van der Waals surface area contributed by atoms with Crippen LogP contribution in [0.1, 0.15) is 13.3 Å². The summed E-state index contributed by atoms with van der Waals surface area (Å²) in [7, 11) is 0. The summed E-state index contributed by atoms with van der Waals surface area (Å²) < 4.78 is 5.09. The minimum Gasteiger partial charge on any atom is -0.390 e. The van der Waals surface area contributed by atoms with Gasteiger partial charge in [-0.1, -0.05) is 6.92 Å². The Morgan fingerprint density at radius 3 is 2.62 bits per heavy atom. The molecule has 0 aromatic carbocycles. The second kappa shape index (κ2) is 1.25. The van der Waals surface area contributed by atoms with Gasteiger partial charge in [0.2, 0.25) is 0 Å². The Bertz CT molecular complexity index is 111. The van der Waals surface area contributed by atoms with Gasteiger partial charge in [-0.25, -0.2) is 0 Å². The largest absolute Gasteiger partial charge is 0.390 e. The molecule has 4 unspecified atom stereocenters. The van der Waals surface area contributed by atoms with E-state index in [9.17, 15) is 5.11 Å². The topological polar surface area (TPSA) is 32.8 Å². The fourth-order valence-electron chi connectivity index (χ4n) is 1.48. The maximum atomic E-state index is 9.18. The van der Waals surface area contributed by atoms with Crippen molar-refractivity contribution < 1.29 is 9.84 Å². The van der Waals surface area contributed by atoms with Gasteiger partial charge in [0.1, 0.15) is 6.10 Å². The monoisotopic (exact) mass is 114 g/mol. The van der Waals surface area contributed by atoms with E-state index in [2.05, 4.69) is 6.92 Å². The van der Waals surface area contributed by atoms with Crippen LogP contribution in [0.15, 0.2) is 0 Å². The van der Waals surface area contributed by atoms with Gasteiger partial charge in [-0.2, -0.15) is 0 Å². The average Bonchev–Trinajstić information content (AvgIpc) is 2.39. The smallest absolute Gasteiger partial charge is 0.110 e. The lowest BCUT2D eigenvalue weighted by Gasteiger charge is -2.08. The van der Waals surface area contributed by atoms with E-state index in [0.717, 1.165) is 6.42 Å². The Morgan fingerprint density at radius 2 is 2.38 bits per heavy atom.